The minimum Gasteiger partial charge on any atom is -0.333 e. The van der Waals surface area contributed by atoms with Crippen LogP contribution < -0.4 is 25.6 Å². The molecular formula is C64H68N2Si. The predicted octanol–water partition coefficient (Wildman–Crippen LogP) is 14.3. The number of nitrogens with zero attached hydrogens (tertiary/aromatic N) is 2. The normalized spacial score (nSPS) is 16.8. The van der Waals surface area contributed by atoms with Crippen LogP contribution in [0.1, 0.15) is 106 Å². The number of allylic oxidation sites excluding steroid dienone is 2. The minimum atomic E-state index is -2.80. The fraction of sp³-hybridized carbons (Fsp3) is 0.281. The molecule has 2 aliphatic rings. The van der Waals surface area contributed by atoms with Crippen molar-refractivity contribution in [2.24, 2.45) is 10.8 Å². The third-order valence-electron chi connectivity index (χ3n) is 14.8. The summed E-state index contributed by atoms with van der Waals surface area (Å²) < 4.78 is 2.59. The van der Waals surface area contributed by atoms with Crippen LogP contribution in [-0.2, 0) is 10.8 Å². The maximum Gasteiger partial charge on any atom is 0.179 e. The number of para-hydroxylation sites is 1. The molecule has 2 unspecified atom stereocenters. The fourth-order valence-corrected chi connectivity index (χ4v) is 16.2. The Morgan fingerprint density at radius 3 is 1.57 bits per heavy atom. The Bertz CT molecular complexity index is 3120. The lowest BCUT2D eigenvalue weighted by Gasteiger charge is -2.42. The lowest BCUT2D eigenvalue weighted by molar-refractivity contribution is 0.435. The van der Waals surface area contributed by atoms with Crippen molar-refractivity contribution in [1.82, 2.24) is 4.57 Å². The van der Waals surface area contributed by atoms with Crippen LogP contribution in [0.15, 0.2) is 193 Å². The van der Waals surface area contributed by atoms with Gasteiger partial charge in [-0.1, -0.05) is 223 Å². The van der Waals surface area contributed by atoms with Crippen LogP contribution in [0.25, 0.3) is 27.5 Å². The van der Waals surface area contributed by atoms with Crippen LogP contribution in [0.4, 0.5) is 11.4 Å². The first-order valence-corrected chi connectivity index (χ1v) is 26.5. The number of aromatic nitrogens is 1. The van der Waals surface area contributed by atoms with Gasteiger partial charge in [0.25, 0.3) is 0 Å². The first kappa shape index (κ1) is 44.7. The van der Waals surface area contributed by atoms with E-state index < -0.39 is 8.07 Å². The molecule has 2 atom stereocenters. The van der Waals surface area contributed by atoms with E-state index in [1.54, 1.807) is 0 Å². The molecule has 1 aliphatic heterocycles. The summed E-state index contributed by atoms with van der Waals surface area (Å²) in [5, 5.41) is 8.17. The van der Waals surface area contributed by atoms with Gasteiger partial charge in [0.2, 0.25) is 0 Å². The lowest BCUT2D eigenvalue weighted by Crippen LogP contribution is -2.74. The number of hydrogen-bond acceptors (Lipinski definition) is 1. The van der Waals surface area contributed by atoms with Crippen molar-refractivity contribution in [2.45, 2.75) is 106 Å². The number of anilines is 2. The third-order valence-corrected chi connectivity index (χ3v) is 19.6. The van der Waals surface area contributed by atoms with Crippen LogP contribution in [0, 0.1) is 10.8 Å². The van der Waals surface area contributed by atoms with Gasteiger partial charge in [0.15, 0.2) is 8.07 Å². The van der Waals surface area contributed by atoms with Gasteiger partial charge in [-0.2, -0.15) is 0 Å². The molecule has 0 N–H and O–H groups in total. The molecule has 0 amide bonds. The molecule has 0 saturated carbocycles. The van der Waals surface area contributed by atoms with E-state index in [0.717, 1.165) is 0 Å². The Labute approximate surface area is 401 Å². The predicted molar refractivity (Wildman–Crippen MR) is 292 cm³/mol. The molecule has 3 heteroatoms. The highest BCUT2D eigenvalue weighted by Gasteiger charge is 2.47. The second-order valence-electron chi connectivity index (χ2n) is 23.5. The second-order valence-corrected chi connectivity index (χ2v) is 27.3. The number of hydrogen-bond donors (Lipinski definition) is 0. The van der Waals surface area contributed by atoms with Crippen molar-refractivity contribution >= 4 is 62.0 Å². The highest BCUT2D eigenvalue weighted by molar-refractivity contribution is 7.19. The van der Waals surface area contributed by atoms with Crippen LogP contribution >= 0.6 is 0 Å². The third kappa shape index (κ3) is 7.46. The van der Waals surface area contributed by atoms with Crippen LogP contribution in [-0.4, -0.2) is 18.7 Å². The van der Waals surface area contributed by atoms with E-state index in [9.17, 15) is 0 Å². The van der Waals surface area contributed by atoms with Gasteiger partial charge < -0.3 is 9.47 Å². The molecule has 0 saturated heterocycles. The molecule has 338 valence electrons. The van der Waals surface area contributed by atoms with Gasteiger partial charge in [-0.3, -0.25) is 0 Å². The standard InChI is InChI=1S/C64H68N2Si/c1-61(2,3)43-37-53-51-33-22-23-34-57(51)66(59(53)55(39-43)63(7,8)9)46-35-36-58-52(42-46)54-38-44(62(4,5)6)40-56(64(10,11)12)60(54)65(58)45-25-24-32-50(41-45)67(47-26-16-13-17-27-47,48-28-18-14-19-29-48)49-30-20-15-21-31-49/h13-42,54,60H,1-12H3. The molecule has 8 aromatic rings. The molecule has 2 nitrogen and oxygen atoms in total. The maximum absolute atomic E-state index is 2.80. The van der Waals surface area contributed by atoms with Crippen molar-refractivity contribution in [3.05, 3.63) is 210 Å². The van der Waals surface area contributed by atoms with Crippen molar-refractivity contribution in [3.63, 3.8) is 0 Å². The summed E-state index contributed by atoms with van der Waals surface area (Å²) in [6, 6.07) is 65.3. The van der Waals surface area contributed by atoms with Gasteiger partial charge in [-0.25, -0.2) is 0 Å². The Balaban J connectivity index is 1.25. The molecule has 10 rings (SSSR count). The lowest BCUT2D eigenvalue weighted by atomic mass is 9.69. The van der Waals surface area contributed by atoms with E-state index in [0.29, 0.717) is 0 Å². The Hall–Kier alpha value is -6.16. The summed E-state index contributed by atoms with van der Waals surface area (Å²) in [7, 11) is -2.80. The zero-order chi connectivity index (χ0) is 47.3. The highest BCUT2D eigenvalue weighted by atomic mass is 28.3. The van der Waals surface area contributed by atoms with Crippen LogP contribution in [0.5, 0.6) is 0 Å². The maximum atomic E-state index is 2.72. The highest BCUT2D eigenvalue weighted by Crippen LogP contribution is 2.55. The topological polar surface area (TPSA) is 8.17 Å². The van der Waals surface area contributed by atoms with Crippen molar-refractivity contribution in [2.75, 3.05) is 4.90 Å². The molecule has 7 aromatic carbocycles. The zero-order valence-electron chi connectivity index (χ0n) is 41.9. The fourth-order valence-electron chi connectivity index (χ4n) is 11.4. The van der Waals surface area contributed by atoms with Gasteiger partial charge in [0.05, 0.1) is 17.1 Å². The van der Waals surface area contributed by atoms with Gasteiger partial charge in [-0.15, -0.1) is 0 Å². The van der Waals surface area contributed by atoms with Crippen LogP contribution in [0.2, 0.25) is 0 Å². The number of benzene rings is 7. The summed E-state index contributed by atoms with van der Waals surface area (Å²) >= 11 is 0. The van der Waals surface area contributed by atoms with E-state index in [4.69, 9.17) is 0 Å². The molecule has 1 aliphatic carbocycles. The second kappa shape index (κ2) is 16.0. The summed E-state index contributed by atoms with van der Waals surface area (Å²) in [5.41, 5.74) is 13.2. The Morgan fingerprint density at radius 2 is 1.01 bits per heavy atom. The van der Waals surface area contributed by atoms with Gasteiger partial charge in [-0.05, 0) is 113 Å². The van der Waals surface area contributed by atoms with Gasteiger partial charge >= 0.3 is 0 Å². The summed E-state index contributed by atoms with van der Waals surface area (Å²) in [5.74, 6) is 0.147. The van der Waals surface area contributed by atoms with E-state index >= 15 is 0 Å². The summed E-state index contributed by atoms with van der Waals surface area (Å²) in [4.78, 5) is 2.72. The first-order chi connectivity index (χ1) is 31.8. The quantitative estimate of drug-likeness (QED) is 0.119. The molecule has 0 fully saturated rings. The first-order valence-electron chi connectivity index (χ1n) is 24.5. The summed E-state index contributed by atoms with van der Waals surface area (Å²) in [6.07, 6.45) is 5.20. The molecule has 1 aromatic heterocycles. The Kier molecular flexibility index (Phi) is 10.7. The van der Waals surface area contributed by atoms with Crippen molar-refractivity contribution < 1.29 is 0 Å². The van der Waals surface area contributed by atoms with E-state index in [1.165, 1.54) is 87.5 Å². The zero-order valence-corrected chi connectivity index (χ0v) is 42.9. The molecule has 0 spiro atoms. The van der Waals surface area contributed by atoms with E-state index in [1.807, 2.05) is 0 Å². The van der Waals surface area contributed by atoms with E-state index in [2.05, 4.69) is 275 Å². The smallest absolute Gasteiger partial charge is 0.179 e. The Morgan fingerprint density at radius 1 is 0.448 bits per heavy atom. The minimum absolute atomic E-state index is 0.0158. The summed E-state index contributed by atoms with van der Waals surface area (Å²) in [6.45, 7) is 28.5. The molecule has 0 radical (unpaired) electrons. The van der Waals surface area contributed by atoms with Crippen LogP contribution in [0.3, 0.4) is 0 Å². The molecular weight excluding hydrogens is 825 g/mol. The van der Waals surface area contributed by atoms with Gasteiger partial charge in [0, 0.05) is 33.8 Å². The van der Waals surface area contributed by atoms with Crippen molar-refractivity contribution in [1.29, 1.82) is 0 Å². The largest absolute Gasteiger partial charge is 0.333 e. The molecule has 0 bridgehead atoms. The number of rotatable bonds is 6. The molecule has 2 heterocycles. The monoisotopic (exact) mass is 893 g/mol. The average Bonchev–Trinajstić information content (AvgIpc) is 3.81. The van der Waals surface area contributed by atoms with E-state index in [-0.39, 0.29) is 33.6 Å². The van der Waals surface area contributed by atoms with Gasteiger partial charge in [0.1, 0.15) is 0 Å². The molecule has 67 heavy (non-hydrogen) atoms. The number of fused-ring (bicyclic) bond motifs is 6. The van der Waals surface area contributed by atoms with Crippen molar-refractivity contribution in [3.8, 4) is 5.69 Å². The average molecular weight is 893 g/mol. The SMILES string of the molecule is CC(C)(C)C1=CC2c3cc(-n4c5ccccc5c5cc(C(C)(C)C)cc(C(C)(C)C)c54)ccc3N(c3cccc([Si](c4ccccc4)(c4ccccc4)c4ccccc4)c3)C2C(C(C)(C)C)=C1.